The smallest absolute Gasteiger partial charge is 0.252 e. The van der Waals surface area contributed by atoms with Gasteiger partial charge in [0.25, 0.3) is 5.91 Å². The average Bonchev–Trinajstić information content (AvgIpc) is 2.35. The number of likely N-dealkylation sites (N-methyl/N-ethyl adjacent to an activating group) is 1. The molecular formula is C12H25N3O2. The number of carbonyl (C=O) groups is 1. The van der Waals surface area contributed by atoms with E-state index in [9.17, 15) is 9.90 Å². The maximum absolute atomic E-state index is 11.6. The van der Waals surface area contributed by atoms with Crippen molar-refractivity contribution in [2.75, 3.05) is 40.3 Å². The number of carbonyl (C=O) groups excluding carboxylic acids is 1. The predicted octanol–water partition coefficient (Wildman–Crippen LogP) is -0.504. The summed E-state index contributed by atoms with van der Waals surface area (Å²) < 4.78 is 0. The third kappa shape index (κ3) is 4.61. The first-order chi connectivity index (χ1) is 8.04. The molecule has 1 atom stereocenters. The van der Waals surface area contributed by atoms with E-state index in [1.165, 1.54) is 12.8 Å². The van der Waals surface area contributed by atoms with Crippen molar-refractivity contribution >= 4 is 5.91 Å². The van der Waals surface area contributed by atoms with Crippen molar-refractivity contribution in [2.45, 2.75) is 25.4 Å². The van der Waals surface area contributed by atoms with E-state index in [1.807, 2.05) is 0 Å². The molecule has 1 rings (SSSR count). The van der Waals surface area contributed by atoms with E-state index in [1.54, 1.807) is 11.9 Å². The quantitative estimate of drug-likeness (QED) is 0.683. The molecule has 100 valence electrons. The van der Waals surface area contributed by atoms with Crippen LogP contribution in [0, 0.1) is 5.92 Å². The molecule has 1 fully saturated rings. The van der Waals surface area contributed by atoms with E-state index in [2.05, 4.69) is 11.9 Å². The molecule has 5 heteroatoms. The minimum atomic E-state index is -1.04. The molecule has 0 spiro atoms. The Bertz CT molecular complexity index is 240. The molecule has 0 saturated carbocycles. The van der Waals surface area contributed by atoms with Crippen LogP contribution in [-0.4, -0.2) is 67.2 Å². The lowest BCUT2D eigenvalue weighted by atomic mass is 9.93. The molecule has 0 radical (unpaired) electrons. The fourth-order valence-corrected chi connectivity index (χ4v) is 2.19. The van der Waals surface area contributed by atoms with Crippen LogP contribution < -0.4 is 5.73 Å². The molecule has 1 amide bonds. The molecule has 1 heterocycles. The number of nitrogens with two attached hydrogens (primary N) is 1. The molecule has 3 N–H and O–H groups in total. The highest BCUT2D eigenvalue weighted by Crippen LogP contribution is 2.19. The zero-order chi connectivity index (χ0) is 12.8. The SMILES string of the molecule is CN1CCC(CCN(C)C(=O)C(O)CN)CC1. The fourth-order valence-electron chi connectivity index (χ4n) is 2.19. The number of aliphatic hydroxyl groups is 1. The topological polar surface area (TPSA) is 69.8 Å². The lowest BCUT2D eigenvalue weighted by molar-refractivity contribution is -0.138. The van der Waals surface area contributed by atoms with E-state index in [0.717, 1.165) is 19.5 Å². The van der Waals surface area contributed by atoms with Gasteiger partial charge in [0.15, 0.2) is 0 Å². The Labute approximate surface area is 104 Å². The summed E-state index contributed by atoms with van der Waals surface area (Å²) in [7, 11) is 3.87. The summed E-state index contributed by atoms with van der Waals surface area (Å²) in [5.74, 6) is 0.442. The van der Waals surface area contributed by atoms with E-state index in [4.69, 9.17) is 5.73 Å². The molecule has 5 nitrogen and oxygen atoms in total. The van der Waals surface area contributed by atoms with E-state index < -0.39 is 6.10 Å². The Morgan fingerprint density at radius 3 is 2.65 bits per heavy atom. The first-order valence-corrected chi connectivity index (χ1v) is 6.36. The van der Waals surface area contributed by atoms with Crippen molar-refractivity contribution in [3.05, 3.63) is 0 Å². The van der Waals surface area contributed by atoms with Gasteiger partial charge < -0.3 is 20.6 Å². The molecule has 0 aromatic carbocycles. The second-order valence-electron chi connectivity index (χ2n) is 5.05. The van der Waals surface area contributed by atoms with E-state index in [-0.39, 0.29) is 12.5 Å². The van der Waals surface area contributed by atoms with Crippen LogP contribution in [-0.2, 0) is 4.79 Å². The van der Waals surface area contributed by atoms with Crippen molar-refractivity contribution in [1.82, 2.24) is 9.80 Å². The van der Waals surface area contributed by atoms with Crippen molar-refractivity contribution in [2.24, 2.45) is 11.7 Å². The summed E-state index contributed by atoms with van der Waals surface area (Å²) in [6, 6.07) is 0. The second-order valence-corrected chi connectivity index (χ2v) is 5.05. The maximum Gasteiger partial charge on any atom is 0.252 e. The van der Waals surface area contributed by atoms with Crippen LogP contribution in [0.3, 0.4) is 0 Å². The summed E-state index contributed by atoms with van der Waals surface area (Å²) in [6.45, 7) is 3.00. The molecule has 17 heavy (non-hydrogen) atoms. The van der Waals surface area contributed by atoms with Crippen LogP contribution in [0.25, 0.3) is 0 Å². The summed E-state index contributed by atoms with van der Waals surface area (Å²) in [4.78, 5) is 15.5. The number of hydrogen-bond donors (Lipinski definition) is 2. The van der Waals surface area contributed by atoms with E-state index in [0.29, 0.717) is 12.5 Å². The number of hydrogen-bond acceptors (Lipinski definition) is 4. The highest BCUT2D eigenvalue weighted by atomic mass is 16.3. The zero-order valence-corrected chi connectivity index (χ0v) is 10.9. The van der Waals surface area contributed by atoms with Crippen molar-refractivity contribution in [3.63, 3.8) is 0 Å². The molecule has 0 aromatic rings. The lowest BCUT2D eigenvalue weighted by Crippen LogP contribution is -2.41. The molecule has 0 bridgehead atoms. The van der Waals surface area contributed by atoms with Gasteiger partial charge in [-0.25, -0.2) is 0 Å². The van der Waals surface area contributed by atoms with Crippen LogP contribution in [0.5, 0.6) is 0 Å². The highest BCUT2D eigenvalue weighted by molar-refractivity contribution is 5.80. The monoisotopic (exact) mass is 243 g/mol. The Morgan fingerprint density at radius 2 is 2.12 bits per heavy atom. The van der Waals surface area contributed by atoms with Crippen molar-refractivity contribution in [1.29, 1.82) is 0 Å². The highest BCUT2D eigenvalue weighted by Gasteiger charge is 2.20. The van der Waals surface area contributed by atoms with E-state index >= 15 is 0 Å². The molecule has 0 aliphatic carbocycles. The Balaban J connectivity index is 2.23. The minimum absolute atomic E-state index is 0.00258. The van der Waals surface area contributed by atoms with Crippen molar-refractivity contribution < 1.29 is 9.90 Å². The summed E-state index contributed by atoms with van der Waals surface area (Å²) in [5, 5.41) is 9.35. The van der Waals surface area contributed by atoms with Gasteiger partial charge >= 0.3 is 0 Å². The van der Waals surface area contributed by atoms with Crippen LogP contribution in [0.15, 0.2) is 0 Å². The number of aliphatic hydroxyl groups excluding tert-OH is 1. The van der Waals surface area contributed by atoms with Gasteiger partial charge in [0.05, 0.1) is 0 Å². The second kappa shape index (κ2) is 6.93. The van der Waals surface area contributed by atoms with Gasteiger partial charge in [-0.1, -0.05) is 0 Å². The normalized spacial score (nSPS) is 20.2. The number of likely N-dealkylation sites (tertiary alicyclic amines) is 1. The van der Waals surface area contributed by atoms with Gasteiger partial charge in [-0.2, -0.15) is 0 Å². The van der Waals surface area contributed by atoms with Crippen LogP contribution >= 0.6 is 0 Å². The first kappa shape index (κ1) is 14.4. The first-order valence-electron chi connectivity index (χ1n) is 6.36. The maximum atomic E-state index is 11.6. The molecule has 1 unspecified atom stereocenters. The zero-order valence-electron chi connectivity index (χ0n) is 10.9. The van der Waals surface area contributed by atoms with Crippen molar-refractivity contribution in [3.8, 4) is 0 Å². The summed E-state index contributed by atoms with van der Waals surface area (Å²) in [5.41, 5.74) is 5.26. The molecule has 1 saturated heterocycles. The van der Waals surface area contributed by atoms with Crippen LogP contribution in [0.1, 0.15) is 19.3 Å². The summed E-state index contributed by atoms with van der Waals surface area (Å²) in [6.07, 6.45) is 2.39. The number of rotatable bonds is 5. The Hall–Kier alpha value is -0.650. The fraction of sp³-hybridized carbons (Fsp3) is 0.917. The molecule has 0 aromatic heterocycles. The lowest BCUT2D eigenvalue weighted by Gasteiger charge is -2.30. The number of piperidine rings is 1. The number of amides is 1. The predicted molar refractivity (Wildman–Crippen MR) is 67.5 cm³/mol. The average molecular weight is 243 g/mol. The van der Waals surface area contributed by atoms with Gasteiger partial charge in [0, 0.05) is 20.1 Å². The largest absolute Gasteiger partial charge is 0.382 e. The van der Waals surface area contributed by atoms with Gasteiger partial charge in [-0.05, 0) is 45.3 Å². The Morgan fingerprint density at radius 1 is 1.53 bits per heavy atom. The molecular weight excluding hydrogens is 218 g/mol. The third-order valence-corrected chi connectivity index (χ3v) is 3.60. The van der Waals surface area contributed by atoms with Gasteiger partial charge in [-0.3, -0.25) is 4.79 Å². The summed E-state index contributed by atoms with van der Waals surface area (Å²) >= 11 is 0. The standard InChI is InChI=1S/C12H25N3O2/c1-14-6-3-10(4-7-14)5-8-15(2)12(17)11(16)9-13/h10-11,16H,3-9,13H2,1-2H3. The van der Waals surface area contributed by atoms with Gasteiger partial charge in [0.2, 0.25) is 0 Å². The molecule has 1 aliphatic heterocycles. The van der Waals surface area contributed by atoms with Crippen LogP contribution in [0.4, 0.5) is 0 Å². The Kier molecular flexibility index (Phi) is 5.88. The van der Waals surface area contributed by atoms with Gasteiger partial charge in [-0.15, -0.1) is 0 Å². The van der Waals surface area contributed by atoms with Gasteiger partial charge in [0.1, 0.15) is 6.10 Å². The van der Waals surface area contributed by atoms with Crippen LogP contribution in [0.2, 0.25) is 0 Å². The third-order valence-electron chi connectivity index (χ3n) is 3.60. The number of nitrogens with zero attached hydrogens (tertiary/aromatic N) is 2. The minimum Gasteiger partial charge on any atom is -0.382 e. The molecule has 1 aliphatic rings.